The maximum Gasteiger partial charge on any atom is 0.271 e. The zero-order valence-corrected chi connectivity index (χ0v) is 17.9. The van der Waals surface area contributed by atoms with Crippen LogP contribution in [0.5, 0.6) is 11.6 Å². The molecular formula is C25H25N3O3. The number of aryl methyl sites for hydroxylation is 2. The predicted molar refractivity (Wildman–Crippen MR) is 122 cm³/mol. The lowest BCUT2D eigenvalue weighted by Crippen LogP contribution is -2.26. The van der Waals surface area contributed by atoms with Gasteiger partial charge < -0.3 is 9.84 Å². The third kappa shape index (κ3) is 4.84. The largest absolute Gasteiger partial charge is 0.497 e. The first-order chi connectivity index (χ1) is 15.0. The molecule has 0 aliphatic carbocycles. The Morgan fingerprint density at radius 1 is 1.13 bits per heavy atom. The number of aromatic nitrogens is 1. The highest BCUT2D eigenvalue weighted by atomic mass is 16.5. The molecule has 1 heterocycles. The van der Waals surface area contributed by atoms with E-state index in [1.165, 1.54) is 16.3 Å². The Hall–Kier alpha value is -3.85. The summed E-state index contributed by atoms with van der Waals surface area (Å²) in [6.07, 6.45) is 2.96. The molecule has 0 aliphatic rings. The number of nitrogens with zero attached hydrogens (tertiary/aromatic N) is 3. The highest BCUT2D eigenvalue weighted by Crippen LogP contribution is 2.22. The number of benzene rings is 2. The zero-order chi connectivity index (χ0) is 22.4. The van der Waals surface area contributed by atoms with E-state index in [-0.39, 0.29) is 18.0 Å². The smallest absolute Gasteiger partial charge is 0.271 e. The molecule has 2 aromatic carbocycles. The number of methoxy groups -OCH3 is 1. The minimum atomic E-state index is -0.504. The molecule has 0 atom stereocenters. The molecule has 6 nitrogen and oxygen atoms in total. The van der Waals surface area contributed by atoms with E-state index >= 15 is 0 Å². The Kier molecular flexibility index (Phi) is 6.88. The molecule has 0 bridgehead atoms. The number of pyridine rings is 1. The molecule has 3 rings (SSSR count). The number of hydrogen-bond acceptors (Lipinski definition) is 5. The fourth-order valence-corrected chi connectivity index (χ4v) is 3.32. The van der Waals surface area contributed by atoms with Crippen LogP contribution in [0.3, 0.4) is 0 Å². The minimum absolute atomic E-state index is 0.00955. The summed E-state index contributed by atoms with van der Waals surface area (Å²) in [5.74, 6) is 0.556. The van der Waals surface area contributed by atoms with Crippen LogP contribution in [0, 0.1) is 18.3 Å². The van der Waals surface area contributed by atoms with Gasteiger partial charge >= 0.3 is 0 Å². The summed E-state index contributed by atoms with van der Waals surface area (Å²) in [6, 6.07) is 17.3. The Morgan fingerprint density at radius 2 is 1.77 bits per heavy atom. The molecule has 158 valence electrons. The number of nitriles is 1. The highest BCUT2D eigenvalue weighted by molar-refractivity contribution is 5.87. The van der Waals surface area contributed by atoms with E-state index in [1.807, 2.05) is 54.6 Å². The summed E-state index contributed by atoms with van der Waals surface area (Å²) >= 11 is 0. The molecule has 1 aromatic heterocycles. The average molecular weight is 415 g/mol. The molecule has 0 spiro atoms. The third-order valence-electron chi connectivity index (χ3n) is 5.32. The Morgan fingerprint density at radius 3 is 2.35 bits per heavy atom. The summed E-state index contributed by atoms with van der Waals surface area (Å²) in [4.78, 5) is 17.2. The lowest BCUT2D eigenvalue weighted by molar-refractivity contribution is 0.404. The second kappa shape index (κ2) is 9.77. The van der Waals surface area contributed by atoms with Crippen molar-refractivity contribution in [2.24, 2.45) is 4.99 Å². The molecular weight excluding hydrogens is 390 g/mol. The van der Waals surface area contributed by atoms with E-state index in [4.69, 9.17) is 4.74 Å². The first kappa shape index (κ1) is 21.8. The van der Waals surface area contributed by atoms with E-state index in [0.29, 0.717) is 17.5 Å². The van der Waals surface area contributed by atoms with Gasteiger partial charge in [-0.3, -0.25) is 14.4 Å². The second-order valence-electron chi connectivity index (χ2n) is 7.18. The molecule has 6 heteroatoms. The van der Waals surface area contributed by atoms with E-state index in [2.05, 4.69) is 11.9 Å². The first-order valence-electron chi connectivity index (χ1n) is 10.1. The van der Waals surface area contributed by atoms with E-state index in [9.17, 15) is 15.2 Å². The van der Waals surface area contributed by atoms with Crippen LogP contribution in [0.25, 0.3) is 0 Å². The molecule has 0 saturated heterocycles. The van der Waals surface area contributed by atoms with Crippen molar-refractivity contribution in [2.45, 2.75) is 33.2 Å². The number of ether oxygens (including phenoxy) is 1. The van der Waals surface area contributed by atoms with E-state index in [0.717, 1.165) is 23.4 Å². The van der Waals surface area contributed by atoms with Crippen molar-refractivity contribution in [3.63, 3.8) is 0 Å². The number of hydrogen-bond donors (Lipinski definition) is 1. The van der Waals surface area contributed by atoms with Crippen molar-refractivity contribution in [3.8, 4) is 17.7 Å². The molecule has 3 aromatic rings. The van der Waals surface area contributed by atoms with Gasteiger partial charge in [0.05, 0.1) is 18.4 Å². The van der Waals surface area contributed by atoms with Gasteiger partial charge in [0.25, 0.3) is 5.56 Å². The Balaban J connectivity index is 1.94. The predicted octanol–water partition coefficient (Wildman–Crippen LogP) is 4.30. The first-order valence-corrected chi connectivity index (χ1v) is 10.1. The van der Waals surface area contributed by atoms with Gasteiger partial charge in [-0.15, -0.1) is 0 Å². The quantitative estimate of drug-likeness (QED) is 0.583. The lowest BCUT2D eigenvalue weighted by atomic mass is 10.1. The average Bonchev–Trinajstić information content (AvgIpc) is 2.80. The van der Waals surface area contributed by atoms with Gasteiger partial charge in [-0.1, -0.05) is 31.2 Å². The van der Waals surface area contributed by atoms with Gasteiger partial charge in [0, 0.05) is 12.8 Å². The van der Waals surface area contributed by atoms with Crippen LogP contribution in [0.4, 0.5) is 5.69 Å². The van der Waals surface area contributed by atoms with Crippen molar-refractivity contribution in [1.29, 1.82) is 5.26 Å². The fraction of sp³-hybridized carbons (Fsp3) is 0.240. The maximum atomic E-state index is 12.8. The number of aliphatic imine (C=N–C) groups is 1. The van der Waals surface area contributed by atoms with Gasteiger partial charge in [-0.2, -0.15) is 5.26 Å². The summed E-state index contributed by atoms with van der Waals surface area (Å²) in [7, 11) is 1.60. The van der Waals surface area contributed by atoms with Gasteiger partial charge in [-0.25, -0.2) is 0 Å². The van der Waals surface area contributed by atoms with Gasteiger partial charge in [0.15, 0.2) is 0 Å². The molecule has 0 saturated carbocycles. The second-order valence-corrected chi connectivity index (χ2v) is 7.18. The van der Waals surface area contributed by atoms with Crippen molar-refractivity contribution < 1.29 is 9.84 Å². The summed E-state index contributed by atoms with van der Waals surface area (Å²) in [5.41, 5.74) is 3.20. The molecule has 0 aliphatic heterocycles. The lowest BCUT2D eigenvalue weighted by Gasteiger charge is -2.14. The fourth-order valence-electron chi connectivity index (χ4n) is 3.32. The number of aromatic hydroxyl groups is 1. The van der Waals surface area contributed by atoms with Crippen LogP contribution >= 0.6 is 0 Å². The van der Waals surface area contributed by atoms with E-state index in [1.54, 1.807) is 14.0 Å². The van der Waals surface area contributed by atoms with Crippen LogP contribution in [0.15, 0.2) is 58.3 Å². The molecule has 0 amide bonds. The SMILES string of the molecule is CCc1ccc(N=Cc2c(C)c(C#N)c(=O)n(CCc3ccc(OC)cc3)c2O)cc1. The van der Waals surface area contributed by atoms with Gasteiger partial charge in [0.1, 0.15) is 17.4 Å². The van der Waals surface area contributed by atoms with Crippen LogP contribution in [-0.2, 0) is 19.4 Å². The number of rotatable bonds is 7. The van der Waals surface area contributed by atoms with Crippen molar-refractivity contribution in [3.05, 3.63) is 86.7 Å². The molecule has 31 heavy (non-hydrogen) atoms. The van der Waals surface area contributed by atoms with Crippen molar-refractivity contribution in [2.75, 3.05) is 7.11 Å². The monoisotopic (exact) mass is 415 g/mol. The van der Waals surface area contributed by atoms with Crippen molar-refractivity contribution >= 4 is 11.9 Å². The molecule has 0 fully saturated rings. The topological polar surface area (TPSA) is 87.6 Å². The van der Waals surface area contributed by atoms with E-state index < -0.39 is 5.56 Å². The summed E-state index contributed by atoms with van der Waals surface area (Å²) in [6.45, 7) is 3.96. The van der Waals surface area contributed by atoms with Crippen molar-refractivity contribution in [1.82, 2.24) is 4.57 Å². The van der Waals surface area contributed by atoms with Crippen LogP contribution in [0.1, 0.15) is 34.7 Å². The third-order valence-corrected chi connectivity index (χ3v) is 5.32. The minimum Gasteiger partial charge on any atom is -0.497 e. The zero-order valence-electron chi connectivity index (χ0n) is 17.9. The molecule has 0 unspecified atom stereocenters. The molecule has 0 radical (unpaired) electrons. The van der Waals surface area contributed by atoms with Gasteiger partial charge in [0.2, 0.25) is 5.88 Å². The Labute approximate surface area is 181 Å². The maximum absolute atomic E-state index is 12.8. The van der Waals surface area contributed by atoms with Crippen LogP contribution in [-0.4, -0.2) is 23.0 Å². The van der Waals surface area contributed by atoms with Crippen LogP contribution < -0.4 is 10.3 Å². The Bertz CT molecular complexity index is 1190. The normalized spacial score (nSPS) is 10.9. The molecule has 1 N–H and O–H groups in total. The highest BCUT2D eigenvalue weighted by Gasteiger charge is 2.18. The van der Waals surface area contributed by atoms with Gasteiger partial charge in [-0.05, 0) is 60.7 Å². The summed E-state index contributed by atoms with van der Waals surface area (Å²) in [5, 5.41) is 20.4. The summed E-state index contributed by atoms with van der Waals surface area (Å²) < 4.78 is 6.39. The van der Waals surface area contributed by atoms with Crippen LogP contribution in [0.2, 0.25) is 0 Å². The standard InChI is InChI=1S/C25H25N3O3/c1-4-18-5-9-20(10-6-18)27-16-23-17(2)22(15-26)24(29)28(25(23)30)14-13-19-7-11-21(31-3)12-8-19/h5-12,16,30H,4,13-14H2,1-3H3.